The second-order valence-corrected chi connectivity index (χ2v) is 7.25. The molecule has 1 fully saturated rings. The van der Waals surface area contributed by atoms with Gasteiger partial charge in [0.1, 0.15) is 5.75 Å². The fraction of sp³-hybridized carbons (Fsp3) is 0.200. The molecular formula is C15H13ClN2O3S. The summed E-state index contributed by atoms with van der Waals surface area (Å²) in [5, 5.41) is 0.655. The van der Waals surface area contributed by atoms with Crippen molar-refractivity contribution < 1.29 is 12.6 Å². The van der Waals surface area contributed by atoms with Crippen molar-refractivity contribution in [2.24, 2.45) is 0 Å². The summed E-state index contributed by atoms with van der Waals surface area (Å²) >= 11 is 5.91. The molecule has 0 N–H and O–H groups in total. The minimum Gasteiger partial charge on any atom is -0.370 e. The van der Waals surface area contributed by atoms with E-state index < -0.39 is 10.3 Å². The first kappa shape index (κ1) is 13.9. The smallest absolute Gasteiger partial charge is 0.370 e. The quantitative estimate of drug-likeness (QED) is 0.803. The highest BCUT2D eigenvalue weighted by Crippen LogP contribution is 2.42. The number of hydrogen-bond donors (Lipinski definition) is 0. The van der Waals surface area contributed by atoms with E-state index in [0.717, 1.165) is 11.3 Å². The van der Waals surface area contributed by atoms with E-state index in [1.807, 2.05) is 29.2 Å². The lowest BCUT2D eigenvalue weighted by Gasteiger charge is -2.28. The van der Waals surface area contributed by atoms with Crippen LogP contribution in [0.5, 0.6) is 5.75 Å². The molecule has 0 saturated carbocycles. The largest absolute Gasteiger partial charge is 0.387 e. The maximum Gasteiger partial charge on any atom is 0.387 e. The molecule has 0 amide bonds. The predicted molar refractivity (Wildman–Crippen MR) is 84.2 cm³/mol. The number of halogens is 1. The molecule has 22 heavy (non-hydrogen) atoms. The highest BCUT2D eigenvalue weighted by molar-refractivity contribution is 7.84. The van der Waals surface area contributed by atoms with Crippen LogP contribution in [-0.2, 0) is 10.3 Å². The lowest BCUT2D eigenvalue weighted by Crippen LogP contribution is -2.39. The Labute approximate surface area is 133 Å². The molecule has 7 heteroatoms. The number of nitrogens with zero attached hydrogens (tertiary/aromatic N) is 2. The lowest BCUT2D eigenvalue weighted by molar-refractivity contribution is 0.322. The predicted octanol–water partition coefficient (Wildman–Crippen LogP) is 2.80. The fourth-order valence-electron chi connectivity index (χ4n) is 2.94. The average molecular weight is 337 g/mol. The highest BCUT2D eigenvalue weighted by Gasteiger charge is 2.45. The van der Waals surface area contributed by atoms with Gasteiger partial charge < -0.3 is 9.08 Å². The fourth-order valence-corrected chi connectivity index (χ4v) is 4.31. The number of para-hydroxylation sites is 1. The minimum atomic E-state index is -3.76. The third-order valence-corrected chi connectivity index (χ3v) is 5.59. The van der Waals surface area contributed by atoms with E-state index in [9.17, 15) is 8.42 Å². The summed E-state index contributed by atoms with van der Waals surface area (Å²) in [4.78, 5) is 2.00. The Kier molecular flexibility index (Phi) is 3.07. The number of hydrogen-bond acceptors (Lipinski definition) is 4. The molecule has 2 aromatic rings. The third kappa shape index (κ3) is 2.15. The zero-order valence-electron chi connectivity index (χ0n) is 11.5. The van der Waals surface area contributed by atoms with E-state index in [0.29, 0.717) is 17.3 Å². The molecule has 0 spiro atoms. The molecule has 2 heterocycles. The van der Waals surface area contributed by atoms with Crippen molar-refractivity contribution in [2.75, 3.05) is 18.1 Å². The van der Waals surface area contributed by atoms with Crippen molar-refractivity contribution in [3.8, 4) is 5.75 Å². The van der Waals surface area contributed by atoms with Crippen LogP contribution < -0.4 is 9.08 Å². The van der Waals surface area contributed by atoms with E-state index >= 15 is 0 Å². The normalized spacial score (nSPS) is 22.8. The number of benzene rings is 2. The number of fused-ring (bicyclic) bond motifs is 3. The maximum atomic E-state index is 12.3. The van der Waals surface area contributed by atoms with Gasteiger partial charge in [-0.2, -0.15) is 8.42 Å². The first-order valence-corrected chi connectivity index (χ1v) is 8.59. The summed E-state index contributed by atoms with van der Waals surface area (Å²) in [6.45, 7) is 0.851. The van der Waals surface area contributed by atoms with Crippen molar-refractivity contribution in [2.45, 2.75) is 6.04 Å². The highest BCUT2D eigenvalue weighted by atomic mass is 35.5. The van der Waals surface area contributed by atoms with Crippen LogP contribution in [0.15, 0.2) is 48.5 Å². The summed E-state index contributed by atoms with van der Waals surface area (Å²) in [5.74, 6) is 0.418. The molecule has 0 unspecified atom stereocenters. The van der Waals surface area contributed by atoms with Gasteiger partial charge in [-0.25, -0.2) is 0 Å². The Hall–Kier alpha value is -1.76. The van der Waals surface area contributed by atoms with Crippen LogP contribution in [0.25, 0.3) is 0 Å². The summed E-state index contributed by atoms with van der Waals surface area (Å²) < 4.78 is 31.2. The second-order valence-electron chi connectivity index (χ2n) is 5.32. The van der Waals surface area contributed by atoms with Crippen LogP contribution >= 0.6 is 11.6 Å². The van der Waals surface area contributed by atoms with Gasteiger partial charge in [0.25, 0.3) is 0 Å². The van der Waals surface area contributed by atoms with E-state index in [1.165, 1.54) is 4.31 Å². The van der Waals surface area contributed by atoms with Crippen molar-refractivity contribution >= 4 is 27.6 Å². The van der Waals surface area contributed by atoms with E-state index in [-0.39, 0.29) is 12.7 Å². The van der Waals surface area contributed by atoms with Gasteiger partial charge in [0.15, 0.2) is 0 Å². The van der Waals surface area contributed by atoms with Crippen molar-refractivity contribution in [3.63, 3.8) is 0 Å². The van der Waals surface area contributed by atoms with Crippen molar-refractivity contribution in [3.05, 3.63) is 59.1 Å². The molecule has 2 aromatic carbocycles. The first-order valence-electron chi connectivity index (χ1n) is 6.85. The van der Waals surface area contributed by atoms with Gasteiger partial charge >= 0.3 is 10.3 Å². The molecule has 0 bridgehead atoms. The molecule has 1 atom stereocenters. The van der Waals surface area contributed by atoms with Crippen LogP contribution in [-0.4, -0.2) is 25.9 Å². The summed E-state index contributed by atoms with van der Waals surface area (Å²) in [7, 11) is -3.76. The van der Waals surface area contributed by atoms with Gasteiger partial charge in [-0.3, -0.25) is 0 Å². The second kappa shape index (κ2) is 4.87. The SMILES string of the molecule is O=S1(=O)Oc2ccccc2[C@@H]2CN(c3ccc(Cl)cc3)CN21. The molecule has 114 valence electrons. The minimum absolute atomic E-state index is 0.231. The topological polar surface area (TPSA) is 49.9 Å². The van der Waals surface area contributed by atoms with Crippen LogP contribution in [0.3, 0.4) is 0 Å². The molecule has 0 radical (unpaired) electrons. The molecule has 4 rings (SSSR count). The molecule has 5 nitrogen and oxygen atoms in total. The van der Waals surface area contributed by atoms with Crippen LogP contribution in [0.1, 0.15) is 11.6 Å². The van der Waals surface area contributed by atoms with Gasteiger partial charge in [-0.1, -0.05) is 29.8 Å². The Morgan fingerprint density at radius 2 is 1.82 bits per heavy atom. The van der Waals surface area contributed by atoms with Crippen LogP contribution in [0.4, 0.5) is 5.69 Å². The Balaban J connectivity index is 1.74. The van der Waals surface area contributed by atoms with Gasteiger partial charge in [0.05, 0.1) is 12.7 Å². The van der Waals surface area contributed by atoms with Crippen LogP contribution in [0, 0.1) is 0 Å². The molecule has 0 aromatic heterocycles. The Bertz CT molecular complexity index is 823. The number of rotatable bonds is 1. The average Bonchev–Trinajstić information content (AvgIpc) is 2.94. The zero-order chi connectivity index (χ0) is 15.3. The molecule has 0 aliphatic carbocycles. The summed E-state index contributed by atoms with van der Waals surface area (Å²) in [5.41, 5.74) is 1.83. The van der Waals surface area contributed by atoms with Gasteiger partial charge in [0, 0.05) is 22.8 Å². The Morgan fingerprint density at radius 3 is 2.59 bits per heavy atom. The Morgan fingerprint density at radius 1 is 1.09 bits per heavy atom. The summed E-state index contributed by atoms with van der Waals surface area (Å²) in [6, 6.07) is 14.4. The van der Waals surface area contributed by atoms with E-state index in [1.54, 1.807) is 24.3 Å². The summed E-state index contributed by atoms with van der Waals surface area (Å²) in [6.07, 6.45) is 0. The maximum absolute atomic E-state index is 12.3. The first-order chi connectivity index (χ1) is 10.5. The van der Waals surface area contributed by atoms with Gasteiger partial charge in [-0.05, 0) is 30.3 Å². The molecule has 2 aliphatic heterocycles. The van der Waals surface area contributed by atoms with E-state index in [4.69, 9.17) is 15.8 Å². The third-order valence-electron chi connectivity index (χ3n) is 4.00. The van der Waals surface area contributed by atoms with E-state index in [2.05, 4.69) is 0 Å². The monoisotopic (exact) mass is 336 g/mol. The molecular weight excluding hydrogens is 324 g/mol. The van der Waals surface area contributed by atoms with Crippen molar-refractivity contribution in [1.82, 2.24) is 4.31 Å². The van der Waals surface area contributed by atoms with Crippen LogP contribution in [0.2, 0.25) is 5.02 Å². The van der Waals surface area contributed by atoms with Gasteiger partial charge in [-0.15, -0.1) is 4.31 Å². The van der Waals surface area contributed by atoms with Gasteiger partial charge in [0.2, 0.25) is 0 Å². The lowest BCUT2D eigenvalue weighted by atomic mass is 10.1. The number of anilines is 1. The standard InChI is InChI=1S/C15H13ClN2O3S/c16-11-5-7-12(8-6-11)17-9-14-13-3-1-2-4-15(13)21-22(19,20)18(14)10-17/h1-8,14H,9-10H2/t14-/m0/s1. The zero-order valence-corrected chi connectivity index (χ0v) is 13.1. The molecule has 2 aliphatic rings. The van der Waals surface area contributed by atoms with Crippen molar-refractivity contribution in [1.29, 1.82) is 0 Å². The molecule has 1 saturated heterocycles.